The number of aromatic nitrogens is 1. The lowest BCUT2D eigenvalue weighted by Crippen LogP contribution is -1.98. The molecule has 0 atom stereocenters. The summed E-state index contributed by atoms with van der Waals surface area (Å²) in [6.45, 7) is 0. The maximum Gasteiger partial charge on any atom is 0.147 e. The van der Waals surface area contributed by atoms with Gasteiger partial charge >= 0.3 is 0 Å². The van der Waals surface area contributed by atoms with E-state index in [-0.39, 0.29) is 5.15 Å². The van der Waals surface area contributed by atoms with Crippen LogP contribution in [-0.2, 0) is 12.8 Å². The number of benzene rings is 1. The van der Waals surface area contributed by atoms with Crippen LogP contribution in [0.3, 0.4) is 0 Å². The van der Waals surface area contributed by atoms with Crippen molar-refractivity contribution in [3.63, 3.8) is 0 Å². The second-order valence-corrected chi connectivity index (χ2v) is 5.84. The summed E-state index contributed by atoms with van der Waals surface area (Å²) in [7, 11) is 0. The van der Waals surface area contributed by atoms with Crippen molar-refractivity contribution in [2.45, 2.75) is 19.3 Å². The van der Waals surface area contributed by atoms with Crippen LogP contribution in [0.5, 0.6) is 0 Å². The van der Waals surface area contributed by atoms with E-state index in [1.807, 2.05) is 6.07 Å². The SMILES string of the molecule is N#Cc1c(Cl)nc2c(c1-c1ccc(Cl)c(Cl)c1)CCC2. The molecule has 2 aromatic rings. The van der Waals surface area contributed by atoms with Crippen molar-refractivity contribution >= 4 is 34.8 Å². The van der Waals surface area contributed by atoms with Crippen LogP contribution in [0.2, 0.25) is 15.2 Å². The largest absolute Gasteiger partial charge is 0.239 e. The van der Waals surface area contributed by atoms with E-state index < -0.39 is 0 Å². The van der Waals surface area contributed by atoms with Crippen LogP contribution in [0, 0.1) is 11.3 Å². The van der Waals surface area contributed by atoms with E-state index in [0.29, 0.717) is 15.6 Å². The van der Waals surface area contributed by atoms with Crippen molar-refractivity contribution in [1.29, 1.82) is 5.26 Å². The van der Waals surface area contributed by atoms with Crippen molar-refractivity contribution in [2.75, 3.05) is 0 Å². The van der Waals surface area contributed by atoms with Gasteiger partial charge in [0.1, 0.15) is 11.2 Å². The van der Waals surface area contributed by atoms with Gasteiger partial charge in [0.25, 0.3) is 0 Å². The summed E-state index contributed by atoms with van der Waals surface area (Å²) in [5, 5.41) is 10.6. The molecule has 2 nitrogen and oxygen atoms in total. The smallest absolute Gasteiger partial charge is 0.147 e. The Morgan fingerprint density at radius 2 is 1.90 bits per heavy atom. The lowest BCUT2D eigenvalue weighted by molar-refractivity contribution is 0.899. The van der Waals surface area contributed by atoms with Gasteiger partial charge in [0.2, 0.25) is 0 Å². The van der Waals surface area contributed by atoms with E-state index in [9.17, 15) is 5.26 Å². The summed E-state index contributed by atoms with van der Waals surface area (Å²) in [4.78, 5) is 4.33. The van der Waals surface area contributed by atoms with Gasteiger partial charge in [-0.1, -0.05) is 40.9 Å². The molecule has 5 heteroatoms. The molecule has 0 amide bonds. The summed E-state index contributed by atoms with van der Waals surface area (Å²) in [6.07, 6.45) is 2.83. The van der Waals surface area contributed by atoms with Gasteiger partial charge in [-0.2, -0.15) is 5.26 Å². The summed E-state index contributed by atoms with van der Waals surface area (Å²) in [5.41, 5.74) is 4.20. The quantitative estimate of drug-likeness (QED) is 0.687. The number of nitrogens with zero attached hydrogens (tertiary/aromatic N) is 2. The van der Waals surface area contributed by atoms with E-state index in [0.717, 1.165) is 41.6 Å². The molecular weight excluding hydrogens is 315 g/mol. The molecule has 1 aliphatic rings. The molecule has 3 rings (SSSR count). The topological polar surface area (TPSA) is 36.7 Å². The molecule has 0 spiro atoms. The van der Waals surface area contributed by atoms with Crippen molar-refractivity contribution in [3.05, 3.63) is 50.2 Å². The molecule has 0 saturated heterocycles. The number of pyridine rings is 1. The molecular formula is C15H9Cl3N2. The van der Waals surface area contributed by atoms with Crippen molar-refractivity contribution < 1.29 is 0 Å². The molecule has 20 heavy (non-hydrogen) atoms. The highest BCUT2D eigenvalue weighted by Gasteiger charge is 2.23. The van der Waals surface area contributed by atoms with Crippen LogP contribution in [-0.4, -0.2) is 4.98 Å². The Balaban J connectivity index is 2.32. The predicted molar refractivity (Wildman–Crippen MR) is 81.4 cm³/mol. The van der Waals surface area contributed by atoms with Gasteiger partial charge in [0.15, 0.2) is 0 Å². The Labute approximate surface area is 131 Å². The number of nitriles is 1. The molecule has 1 heterocycles. The minimum Gasteiger partial charge on any atom is -0.239 e. The highest BCUT2D eigenvalue weighted by atomic mass is 35.5. The Bertz CT molecular complexity index is 747. The van der Waals surface area contributed by atoms with Gasteiger partial charge in [0.05, 0.1) is 15.6 Å². The summed E-state index contributed by atoms with van der Waals surface area (Å²) < 4.78 is 0. The molecule has 0 bridgehead atoms. The zero-order valence-electron chi connectivity index (χ0n) is 10.4. The third kappa shape index (κ3) is 2.16. The zero-order valence-corrected chi connectivity index (χ0v) is 12.6. The fraction of sp³-hybridized carbons (Fsp3) is 0.200. The zero-order chi connectivity index (χ0) is 14.3. The second-order valence-electron chi connectivity index (χ2n) is 4.67. The highest BCUT2D eigenvalue weighted by Crippen LogP contribution is 2.38. The molecule has 0 aliphatic heterocycles. The maximum atomic E-state index is 9.38. The molecule has 100 valence electrons. The van der Waals surface area contributed by atoms with Crippen LogP contribution in [0.4, 0.5) is 0 Å². The van der Waals surface area contributed by atoms with Crippen molar-refractivity contribution in [1.82, 2.24) is 4.98 Å². The number of aryl methyl sites for hydroxylation is 1. The first kappa shape index (κ1) is 13.7. The third-order valence-corrected chi connectivity index (χ3v) is 4.51. The van der Waals surface area contributed by atoms with Gasteiger partial charge in [-0.3, -0.25) is 0 Å². The molecule has 0 unspecified atom stereocenters. The number of halogens is 3. The van der Waals surface area contributed by atoms with E-state index in [4.69, 9.17) is 34.8 Å². The minimum atomic E-state index is 0.259. The summed E-state index contributed by atoms with van der Waals surface area (Å²) in [5.74, 6) is 0. The van der Waals surface area contributed by atoms with Gasteiger partial charge in [-0.05, 0) is 42.5 Å². The van der Waals surface area contributed by atoms with E-state index >= 15 is 0 Å². The first-order valence-electron chi connectivity index (χ1n) is 6.18. The number of rotatable bonds is 1. The fourth-order valence-electron chi connectivity index (χ4n) is 2.62. The average molecular weight is 324 g/mol. The monoisotopic (exact) mass is 322 g/mol. The van der Waals surface area contributed by atoms with Gasteiger partial charge in [0, 0.05) is 11.3 Å². The van der Waals surface area contributed by atoms with Crippen LogP contribution in [0.25, 0.3) is 11.1 Å². The summed E-state index contributed by atoms with van der Waals surface area (Å²) in [6, 6.07) is 7.52. The van der Waals surface area contributed by atoms with Crippen molar-refractivity contribution in [2.24, 2.45) is 0 Å². The minimum absolute atomic E-state index is 0.259. The Morgan fingerprint density at radius 3 is 2.60 bits per heavy atom. The van der Waals surface area contributed by atoms with Gasteiger partial charge < -0.3 is 0 Å². The van der Waals surface area contributed by atoms with E-state index in [2.05, 4.69) is 11.1 Å². The van der Waals surface area contributed by atoms with Gasteiger partial charge in [-0.15, -0.1) is 0 Å². The van der Waals surface area contributed by atoms with Crippen LogP contribution < -0.4 is 0 Å². The van der Waals surface area contributed by atoms with Crippen molar-refractivity contribution in [3.8, 4) is 17.2 Å². The lowest BCUT2D eigenvalue weighted by Gasteiger charge is -2.12. The molecule has 0 fully saturated rings. The fourth-order valence-corrected chi connectivity index (χ4v) is 3.16. The molecule has 1 aromatic heterocycles. The summed E-state index contributed by atoms with van der Waals surface area (Å²) >= 11 is 18.2. The van der Waals surface area contributed by atoms with E-state index in [1.165, 1.54) is 0 Å². The highest BCUT2D eigenvalue weighted by molar-refractivity contribution is 6.42. The average Bonchev–Trinajstić information content (AvgIpc) is 2.88. The number of hydrogen-bond acceptors (Lipinski definition) is 2. The normalized spacial score (nSPS) is 13.1. The molecule has 0 N–H and O–H groups in total. The Morgan fingerprint density at radius 1 is 1.10 bits per heavy atom. The van der Waals surface area contributed by atoms with E-state index in [1.54, 1.807) is 12.1 Å². The molecule has 1 aliphatic carbocycles. The first-order chi connectivity index (χ1) is 9.61. The predicted octanol–water partition coefficient (Wildman–Crippen LogP) is 5.07. The van der Waals surface area contributed by atoms with Gasteiger partial charge in [-0.25, -0.2) is 4.98 Å². The maximum absolute atomic E-state index is 9.38. The lowest BCUT2D eigenvalue weighted by atomic mass is 9.95. The molecule has 0 radical (unpaired) electrons. The molecule has 1 aromatic carbocycles. The second kappa shape index (κ2) is 5.26. The molecule has 0 saturated carbocycles. The van der Waals surface area contributed by atoms with Crippen LogP contribution in [0.1, 0.15) is 23.2 Å². The number of fused-ring (bicyclic) bond motifs is 1. The third-order valence-electron chi connectivity index (χ3n) is 3.50. The Hall–Kier alpha value is -1.27. The van der Waals surface area contributed by atoms with Crippen LogP contribution >= 0.6 is 34.8 Å². The van der Waals surface area contributed by atoms with Crippen LogP contribution in [0.15, 0.2) is 18.2 Å². The number of hydrogen-bond donors (Lipinski definition) is 0. The Kier molecular flexibility index (Phi) is 3.60. The first-order valence-corrected chi connectivity index (χ1v) is 7.32. The standard InChI is InChI=1S/C15H9Cl3N2/c16-11-5-4-8(6-12(11)17)14-9-2-1-3-13(9)20-15(18)10(14)7-19/h4-6H,1-3H2.